The van der Waals surface area contributed by atoms with Crippen molar-refractivity contribution in [2.24, 2.45) is 5.73 Å². The summed E-state index contributed by atoms with van der Waals surface area (Å²) in [6.07, 6.45) is 0.967. The van der Waals surface area contributed by atoms with Crippen LogP contribution in [0.2, 0.25) is 0 Å². The van der Waals surface area contributed by atoms with Crippen LogP contribution >= 0.6 is 11.3 Å². The molecule has 2 heterocycles. The van der Waals surface area contributed by atoms with Gasteiger partial charge in [-0.05, 0) is 30.3 Å². The van der Waals surface area contributed by atoms with Crippen LogP contribution in [0, 0.1) is 17.1 Å². The minimum atomic E-state index is -1.21. The first-order valence-electron chi connectivity index (χ1n) is 10.5. The largest absolute Gasteiger partial charge is 0.497 e. The summed E-state index contributed by atoms with van der Waals surface area (Å²) in [7, 11) is 2.66. The van der Waals surface area contributed by atoms with Crippen molar-refractivity contribution in [1.82, 2.24) is 4.57 Å². The number of nitrogens with one attached hydrogen (secondary N) is 1. The topological polar surface area (TPSA) is 136 Å². The van der Waals surface area contributed by atoms with E-state index in [2.05, 4.69) is 10.1 Å². The third-order valence-corrected chi connectivity index (χ3v) is 6.64. The molecule has 0 fully saturated rings. The van der Waals surface area contributed by atoms with Gasteiger partial charge in [-0.3, -0.25) is 14.2 Å². The van der Waals surface area contributed by atoms with Gasteiger partial charge < -0.3 is 20.5 Å². The molecule has 1 aliphatic rings. The first kappa shape index (κ1) is 24.4. The van der Waals surface area contributed by atoms with Gasteiger partial charge in [-0.15, -0.1) is 11.3 Å². The maximum absolute atomic E-state index is 15.0. The second kappa shape index (κ2) is 9.89. The number of anilines is 1. The summed E-state index contributed by atoms with van der Waals surface area (Å²) < 4.78 is 25.7. The van der Waals surface area contributed by atoms with Gasteiger partial charge in [-0.25, -0.2) is 9.18 Å². The van der Waals surface area contributed by atoms with Crippen LogP contribution in [0.25, 0.3) is 17.5 Å². The van der Waals surface area contributed by atoms with Crippen LogP contribution in [0.15, 0.2) is 58.9 Å². The summed E-state index contributed by atoms with van der Waals surface area (Å²) in [5.41, 5.74) is 5.67. The van der Waals surface area contributed by atoms with Crippen LogP contribution in [0.5, 0.6) is 5.75 Å². The minimum absolute atomic E-state index is 0.0301. The van der Waals surface area contributed by atoms with Crippen molar-refractivity contribution >= 4 is 46.4 Å². The van der Waals surface area contributed by atoms with Crippen molar-refractivity contribution in [3.63, 3.8) is 0 Å². The Morgan fingerprint density at radius 2 is 1.89 bits per heavy atom. The van der Waals surface area contributed by atoms with Crippen LogP contribution in [0.3, 0.4) is 0 Å². The van der Waals surface area contributed by atoms with Gasteiger partial charge in [0.25, 0.3) is 11.5 Å². The fourth-order valence-corrected chi connectivity index (χ4v) is 4.96. The molecule has 1 aromatic heterocycles. The first-order valence-corrected chi connectivity index (χ1v) is 11.3. The number of nitrogens with two attached hydrogens (primary N) is 1. The molecule has 3 aromatic rings. The number of allylic oxidation sites excluding steroid dienone is 1. The highest BCUT2D eigenvalue weighted by molar-refractivity contribution is 7.07. The van der Waals surface area contributed by atoms with Gasteiger partial charge in [0.2, 0.25) is 0 Å². The molecule has 0 aliphatic carbocycles. The molecule has 4 rings (SSSR count). The Balaban J connectivity index is 2.03. The molecular weight excluding hydrogens is 487 g/mol. The molecule has 0 spiro atoms. The lowest BCUT2D eigenvalue weighted by atomic mass is 9.83. The van der Waals surface area contributed by atoms with Crippen LogP contribution in [-0.2, 0) is 14.3 Å². The zero-order valence-electron chi connectivity index (χ0n) is 19.1. The normalized spacial score (nSPS) is 15.2. The zero-order valence-corrected chi connectivity index (χ0v) is 19.9. The van der Waals surface area contributed by atoms with Crippen LogP contribution in [-0.4, -0.2) is 30.7 Å². The second-order valence-corrected chi connectivity index (χ2v) is 8.57. The van der Waals surface area contributed by atoms with E-state index in [1.165, 1.54) is 25.3 Å². The molecule has 2 aromatic carbocycles. The number of methoxy groups -OCH3 is 2. The number of thiazole rings is 1. The fraction of sp³-hybridized carbons (Fsp3) is 0.120. The number of benzene rings is 2. The highest BCUT2D eigenvalue weighted by atomic mass is 32.1. The molecule has 1 aliphatic heterocycles. The number of fused-ring (bicyclic) bond motifs is 1. The Morgan fingerprint density at radius 1 is 1.19 bits per heavy atom. The monoisotopic (exact) mass is 506 g/mol. The van der Waals surface area contributed by atoms with Crippen molar-refractivity contribution in [2.45, 2.75) is 5.92 Å². The third-order valence-electron chi connectivity index (χ3n) is 5.53. The Bertz CT molecular complexity index is 1630. The number of nitrogens with zero attached hydrogens (tertiary/aromatic N) is 2. The number of esters is 1. The van der Waals surface area contributed by atoms with E-state index in [-0.39, 0.29) is 31.7 Å². The maximum atomic E-state index is 15.0. The molecule has 182 valence electrons. The lowest BCUT2D eigenvalue weighted by Crippen LogP contribution is -2.41. The fourth-order valence-electron chi connectivity index (χ4n) is 3.83. The average Bonchev–Trinajstić information content (AvgIpc) is 3.20. The molecule has 0 radical (unpaired) electrons. The Morgan fingerprint density at radius 3 is 2.50 bits per heavy atom. The smallest absolute Gasteiger partial charge is 0.332 e. The minimum Gasteiger partial charge on any atom is -0.497 e. The summed E-state index contributed by atoms with van der Waals surface area (Å²) in [5, 5.41) is 12.7. The third kappa shape index (κ3) is 4.25. The molecule has 11 heteroatoms. The van der Waals surface area contributed by atoms with Crippen LogP contribution < -0.4 is 30.5 Å². The number of carbonyl (C=O) groups excluding carboxylic acids is 2. The van der Waals surface area contributed by atoms with E-state index in [0.29, 0.717) is 11.4 Å². The molecule has 3 N–H and O–H groups in total. The number of aromatic nitrogens is 1. The van der Waals surface area contributed by atoms with Gasteiger partial charge >= 0.3 is 5.97 Å². The Kier molecular flexibility index (Phi) is 6.71. The molecule has 1 unspecified atom stereocenters. The number of nitriles is 1. The van der Waals surface area contributed by atoms with E-state index in [0.717, 1.165) is 29.1 Å². The van der Waals surface area contributed by atoms with Crippen molar-refractivity contribution in [3.8, 4) is 11.8 Å². The van der Waals surface area contributed by atoms with Crippen LogP contribution in [0.4, 0.5) is 10.1 Å². The van der Waals surface area contributed by atoms with Gasteiger partial charge in [0.15, 0.2) is 0 Å². The molecular formula is C25H19FN4O5S. The lowest BCUT2D eigenvalue weighted by Gasteiger charge is -2.25. The van der Waals surface area contributed by atoms with E-state index in [9.17, 15) is 24.0 Å². The second-order valence-electron chi connectivity index (χ2n) is 7.54. The number of amides is 1. The standard InChI is InChI=1S/C25H19FN4O5S/c1-34-14-9-7-13(8-10-14)29-23(32)21-20(15-5-3-4-6-17(15)26)16(12-27)22(28)30-24(33)18(36-25(21)30)11-19(31)35-2/h3-11,20H,28H2,1-2H3,(H,29,32)/b18-11-. The number of ether oxygens (including phenoxy) is 2. The number of halogens is 1. The number of hydrogen-bond acceptors (Lipinski definition) is 8. The quantitative estimate of drug-likeness (QED) is 0.497. The molecule has 1 atom stereocenters. The van der Waals surface area contributed by atoms with Crippen molar-refractivity contribution < 1.29 is 23.5 Å². The van der Waals surface area contributed by atoms with E-state index in [1.807, 2.05) is 6.07 Å². The first-order chi connectivity index (χ1) is 17.3. The number of hydrogen-bond donors (Lipinski definition) is 2. The summed E-state index contributed by atoms with van der Waals surface area (Å²) in [4.78, 5) is 38.6. The van der Waals surface area contributed by atoms with E-state index in [1.54, 1.807) is 30.3 Å². The summed E-state index contributed by atoms with van der Waals surface area (Å²) >= 11 is 0.809. The molecule has 0 saturated carbocycles. The summed E-state index contributed by atoms with van der Waals surface area (Å²) in [6, 6.07) is 14.1. The molecule has 9 nitrogen and oxygen atoms in total. The van der Waals surface area contributed by atoms with Gasteiger partial charge in [0, 0.05) is 17.3 Å². The van der Waals surface area contributed by atoms with Gasteiger partial charge in [-0.2, -0.15) is 5.26 Å². The number of rotatable bonds is 5. The average molecular weight is 507 g/mol. The number of carbonyl (C=O) groups is 2. The highest BCUT2D eigenvalue weighted by Gasteiger charge is 2.37. The predicted octanol–water partition coefficient (Wildman–Crippen LogP) is 1.25. The molecule has 0 bridgehead atoms. The highest BCUT2D eigenvalue weighted by Crippen LogP contribution is 2.37. The summed E-state index contributed by atoms with van der Waals surface area (Å²) in [5.74, 6) is -3.03. The van der Waals surface area contributed by atoms with Gasteiger partial charge in [0.1, 0.15) is 26.6 Å². The zero-order chi connectivity index (χ0) is 26.0. The van der Waals surface area contributed by atoms with Crippen molar-refractivity contribution in [2.75, 3.05) is 19.5 Å². The van der Waals surface area contributed by atoms with E-state index in [4.69, 9.17) is 10.5 Å². The van der Waals surface area contributed by atoms with Crippen molar-refractivity contribution in [3.05, 3.63) is 85.0 Å². The lowest BCUT2D eigenvalue weighted by molar-refractivity contribution is -0.133. The SMILES string of the molecule is COC(=O)/C=c1\sc2n(c1=O)C(N)=C(C#N)C(c1ccccc1F)C=2C(=O)Nc1ccc(OC)cc1. The predicted molar refractivity (Wildman–Crippen MR) is 131 cm³/mol. The van der Waals surface area contributed by atoms with E-state index < -0.39 is 29.2 Å². The van der Waals surface area contributed by atoms with Crippen LogP contribution in [0.1, 0.15) is 11.5 Å². The Hall–Kier alpha value is -4.69. The summed E-state index contributed by atoms with van der Waals surface area (Å²) in [6.45, 7) is 0. The molecule has 1 amide bonds. The van der Waals surface area contributed by atoms with Gasteiger partial charge in [0.05, 0.1) is 37.4 Å². The molecule has 0 saturated heterocycles. The maximum Gasteiger partial charge on any atom is 0.332 e. The Labute approximate surface area is 207 Å². The molecule has 36 heavy (non-hydrogen) atoms. The van der Waals surface area contributed by atoms with Gasteiger partial charge in [-0.1, -0.05) is 18.2 Å². The van der Waals surface area contributed by atoms with Crippen molar-refractivity contribution in [1.29, 1.82) is 5.26 Å². The van der Waals surface area contributed by atoms with E-state index >= 15 is 0 Å².